The lowest BCUT2D eigenvalue weighted by atomic mass is 10.2. The summed E-state index contributed by atoms with van der Waals surface area (Å²) in [5, 5.41) is 3.30. The van der Waals surface area contributed by atoms with Gasteiger partial charge >= 0.3 is 0 Å². The number of nitrogens with one attached hydrogen (secondary N) is 1. The second kappa shape index (κ2) is 6.47. The van der Waals surface area contributed by atoms with E-state index in [0.29, 0.717) is 12.0 Å². The van der Waals surface area contributed by atoms with Crippen molar-refractivity contribution in [1.29, 1.82) is 0 Å². The van der Waals surface area contributed by atoms with Crippen LogP contribution in [0.3, 0.4) is 0 Å². The monoisotopic (exact) mass is 380 g/mol. The number of hydrogen-bond donors (Lipinski definition) is 1. The van der Waals surface area contributed by atoms with E-state index in [1.54, 1.807) is 13.3 Å². The SMILES string of the molecule is COc1cc(Nc2ncc3c(n2)N2CCCC2CO3)ccc1-n1cc(C)n1C. The van der Waals surface area contributed by atoms with E-state index in [1.165, 1.54) is 12.1 Å². The predicted octanol–water partition coefficient (Wildman–Crippen LogP) is 3.03. The molecule has 5 rings (SSSR count). The van der Waals surface area contributed by atoms with Crippen LogP contribution in [-0.2, 0) is 7.05 Å². The number of fused-ring (bicyclic) bond motifs is 3. The lowest BCUT2D eigenvalue weighted by Gasteiger charge is -2.32. The fourth-order valence-corrected chi connectivity index (χ4v) is 3.97. The van der Waals surface area contributed by atoms with Gasteiger partial charge in [0.2, 0.25) is 5.95 Å². The van der Waals surface area contributed by atoms with Crippen molar-refractivity contribution in [1.82, 2.24) is 19.3 Å². The molecular formula is C20H24N6O2. The Balaban J connectivity index is 1.42. The van der Waals surface area contributed by atoms with Gasteiger partial charge in [-0.1, -0.05) is 0 Å². The predicted molar refractivity (Wildman–Crippen MR) is 107 cm³/mol. The Kier molecular flexibility index (Phi) is 3.92. The van der Waals surface area contributed by atoms with Crippen LogP contribution in [0.25, 0.3) is 5.69 Å². The molecule has 0 bridgehead atoms. The molecule has 1 atom stereocenters. The largest absolute Gasteiger partial charge is 0.494 e. The van der Waals surface area contributed by atoms with E-state index in [2.05, 4.69) is 37.7 Å². The van der Waals surface area contributed by atoms with Crippen LogP contribution in [0.15, 0.2) is 30.6 Å². The van der Waals surface area contributed by atoms with Crippen molar-refractivity contribution in [2.75, 3.05) is 30.5 Å². The van der Waals surface area contributed by atoms with E-state index in [1.807, 2.05) is 25.2 Å². The minimum absolute atomic E-state index is 0.430. The van der Waals surface area contributed by atoms with Gasteiger partial charge in [-0.05, 0) is 31.9 Å². The van der Waals surface area contributed by atoms with Crippen LogP contribution in [0.1, 0.15) is 18.5 Å². The Hall–Kier alpha value is -3.16. The Labute approximate surface area is 163 Å². The minimum atomic E-state index is 0.430. The van der Waals surface area contributed by atoms with E-state index >= 15 is 0 Å². The highest BCUT2D eigenvalue weighted by atomic mass is 16.5. The number of rotatable bonds is 4. The molecular weight excluding hydrogens is 356 g/mol. The zero-order chi connectivity index (χ0) is 19.3. The van der Waals surface area contributed by atoms with Crippen LogP contribution in [0, 0.1) is 6.92 Å². The van der Waals surface area contributed by atoms with Gasteiger partial charge < -0.3 is 19.7 Å². The topological polar surface area (TPSA) is 69.4 Å². The lowest BCUT2D eigenvalue weighted by Crippen LogP contribution is -2.38. The number of aryl methyl sites for hydroxylation is 1. The summed E-state index contributed by atoms with van der Waals surface area (Å²) in [5.74, 6) is 2.99. The zero-order valence-electron chi connectivity index (χ0n) is 16.3. The first-order valence-corrected chi connectivity index (χ1v) is 9.57. The highest BCUT2D eigenvalue weighted by Gasteiger charge is 2.33. The molecule has 0 amide bonds. The standard InChI is InChI=1S/C20H24N6O2/c1-13-11-26(24(13)2)16-7-6-14(9-17(16)27-3)22-20-21-10-18-19(23-20)25-8-4-5-15(25)12-28-18/h6-7,9-11,15H,4-5,8,12H2,1-3H3,(H,21,22,23). The Morgan fingerprint density at radius 2 is 2.21 bits per heavy atom. The maximum atomic E-state index is 5.83. The third-order valence-corrected chi connectivity index (χ3v) is 5.64. The first kappa shape index (κ1) is 17.0. The van der Waals surface area contributed by atoms with Crippen molar-refractivity contribution in [2.24, 2.45) is 7.05 Å². The van der Waals surface area contributed by atoms with E-state index in [4.69, 9.17) is 14.5 Å². The van der Waals surface area contributed by atoms with E-state index in [-0.39, 0.29) is 0 Å². The molecule has 0 aliphatic carbocycles. The molecule has 0 spiro atoms. The van der Waals surface area contributed by atoms with Crippen LogP contribution < -0.4 is 19.7 Å². The summed E-state index contributed by atoms with van der Waals surface area (Å²) in [6.07, 6.45) is 6.17. The molecule has 1 N–H and O–H groups in total. The number of nitrogens with zero attached hydrogens (tertiary/aromatic N) is 5. The highest BCUT2D eigenvalue weighted by molar-refractivity contribution is 5.64. The molecule has 1 aromatic carbocycles. The average Bonchev–Trinajstić information content (AvgIpc) is 3.21. The van der Waals surface area contributed by atoms with Gasteiger partial charge in [0, 0.05) is 31.5 Å². The second-order valence-corrected chi connectivity index (χ2v) is 7.33. The molecule has 4 heterocycles. The molecule has 8 nitrogen and oxygen atoms in total. The maximum absolute atomic E-state index is 5.83. The second-order valence-electron chi connectivity index (χ2n) is 7.33. The molecule has 0 radical (unpaired) electrons. The fourth-order valence-electron chi connectivity index (χ4n) is 3.97. The molecule has 1 fully saturated rings. The Morgan fingerprint density at radius 3 is 3.00 bits per heavy atom. The molecule has 3 aromatic rings. The summed E-state index contributed by atoms with van der Waals surface area (Å²) >= 11 is 0. The number of methoxy groups -OCH3 is 1. The van der Waals surface area contributed by atoms with Crippen molar-refractivity contribution < 1.29 is 9.47 Å². The fraction of sp³-hybridized carbons (Fsp3) is 0.400. The van der Waals surface area contributed by atoms with Crippen LogP contribution in [0.4, 0.5) is 17.5 Å². The Bertz CT molecular complexity index is 1020. The number of ether oxygens (including phenoxy) is 2. The van der Waals surface area contributed by atoms with Crippen molar-refractivity contribution in [3.63, 3.8) is 0 Å². The molecule has 8 heteroatoms. The first-order valence-electron chi connectivity index (χ1n) is 9.57. The Morgan fingerprint density at radius 1 is 1.32 bits per heavy atom. The number of anilines is 3. The summed E-state index contributed by atoms with van der Waals surface area (Å²) < 4.78 is 15.6. The molecule has 1 unspecified atom stereocenters. The van der Waals surface area contributed by atoms with E-state index < -0.39 is 0 Å². The molecule has 2 aliphatic heterocycles. The molecule has 146 valence electrons. The summed E-state index contributed by atoms with van der Waals surface area (Å²) in [5.41, 5.74) is 3.06. The summed E-state index contributed by atoms with van der Waals surface area (Å²) in [4.78, 5) is 11.5. The molecule has 2 aromatic heterocycles. The molecule has 28 heavy (non-hydrogen) atoms. The van der Waals surface area contributed by atoms with Gasteiger partial charge in [-0.2, -0.15) is 4.98 Å². The average molecular weight is 380 g/mol. The third-order valence-electron chi connectivity index (χ3n) is 5.64. The molecule has 2 aliphatic rings. The van der Waals surface area contributed by atoms with Crippen molar-refractivity contribution in [3.05, 3.63) is 36.3 Å². The number of aromatic nitrogens is 4. The van der Waals surface area contributed by atoms with Gasteiger partial charge in [0.15, 0.2) is 11.6 Å². The van der Waals surface area contributed by atoms with Crippen molar-refractivity contribution in [2.45, 2.75) is 25.8 Å². The maximum Gasteiger partial charge on any atom is 0.229 e. The number of benzene rings is 1. The van der Waals surface area contributed by atoms with Crippen LogP contribution in [0.5, 0.6) is 11.5 Å². The third kappa shape index (κ3) is 2.67. The summed E-state index contributed by atoms with van der Waals surface area (Å²) in [6, 6.07) is 6.42. The van der Waals surface area contributed by atoms with E-state index in [0.717, 1.165) is 48.3 Å². The minimum Gasteiger partial charge on any atom is -0.494 e. The van der Waals surface area contributed by atoms with Crippen LogP contribution >= 0.6 is 0 Å². The summed E-state index contributed by atoms with van der Waals surface area (Å²) in [6.45, 7) is 3.82. The van der Waals surface area contributed by atoms with Crippen molar-refractivity contribution >= 4 is 17.5 Å². The van der Waals surface area contributed by atoms with E-state index in [9.17, 15) is 0 Å². The zero-order valence-corrected chi connectivity index (χ0v) is 16.3. The molecule has 1 saturated heterocycles. The number of hydrogen-bond acceptors (Lipinski definition) is 6. The van der Waals surface area contributed by atoms with Gasteiger partial charge in [-0.3, -0.25) is 9.36 Å². The van der Waals surface area contributed by atoms with Gasteiger partial charge in [0.25, 0.3) is 0 Å². The summed E-state index contributed by atoms with van der Waals surface area (Å²) in [7, 11) is 3.70. The smallest absolute Gasteiger partial charge is 0.229 e. The van der Waals surface area contributed by atoms with Crippen LogP contribution in [0.2, 0.25) is 0 Å². The van der Waals surface area contributed by atoms with Gasteiger partial charge in [-0.25, -0.2) is 4.98 Å². The van der Waals surface area contributed by atoms with Crippen LogP contribution in [-0.4, -0.2) is 45.6 Å². The van der Waals surface area contributed by atoms with Crippen molar-refractivity contribution in [3.8, 4) is 17.2 Å². The highest BCUT2D eigenvalue weighted by Crippen LogP contribution is 2.37. The van der Waals surface area contributed by atoms with Gasteiger partial charge in [-0.15, -0.1) is 0 Å². The quantitative estimate of drug-likeness (QED) is 0.750. The van der Waals surface area contributed by atoms with Gasteiger partial charge in [0.05, 0.1) is 25.0 Å². The molecule has 0 saturated carbocycles. The lowest BCUT2D eigenvalue weighted by molar-refractivity contribution is 0.268. The van der Waals surface area contributed by atoms with Gasteiger partial charge in [0.1, 0.15) is 18.0 Å². The normalized spacial score (nSPS) is 17.8. The first-order chi connectivity index (χ1) is 13.6.